The monoisotopic (exact) mass is 297 g/mol. The molecule has 0 aliphatic rings. The molecule has 0 aliphatic carbocycles. The zero-order chi connectivity index (χ0) is 14.6. The van der Waals surface area contributed by atoms with Crippen LogP contribution in [0.3, 0.4) is 0 Å². The molecule has 9 heteroatoms. The summed E-state index contributed by atoms with van der Waals surface area (Å²) in [6, 6.07) is 0.669. The molecule has 1 amide bonds. The highest BCUT2D eigenvalue weighted by Gasteiger charge is 2.36. The van der Waals surface area contributed by atoms with Gasteiger partial charge in [-0.25, -0.2) is 4.79 Å². The molecule has 0 fully saturated rings. The van der Waals surface area contributed by atoms with Crippen LogP contribution in [0.25, 0.3) is 0 Å². The number of halogens is 3. The van der Waals surface area contributed by atoms with Crippen molar-refractivity contribution in [3.05, 3.63) is 17.9 Å². The van der Waals surface area contributed by atoms with Crippen molar-refractivity contribution in [1.82, 2.24) is 5.32 Å². The predicted molar refractivity (Wildman–Crippen MR) is 60.1 cm³/mol. The van der Waals surface area contributed by atoms with Crippen LogP contribution >= 0.6 is 11.8 Å². The van der Waals surface area contributed by atoms with Crippen molar-refractivity contribution >= 4 is 23.6 Å². The Morgan fingerprint density at radius 1 is 1.47 bits per heavy atom. The lowest BCUT2D eigenvalue weighted by Gasteiger charge is -2.15. The number of carbonyl (C=O) groups excluding carboxylic acids is 1. The second-order valence-electron chi connectivity index (χ2n) is 3.51. The van der Waals surface area contributed by atoms with Gasteiger partial charge in [-0.05, 0) is 18.4 Å². The molecule has 1 heterocycles. The Morgan fingerprint density at radius 3 is 2.53 bits per heavy atom. The first-order valence-electron chi connectivity index (χ1n) is 4.97. The third-order valence-corrected chi connectivity index (χ3v) is 2.67. The number of carboxylic acid groups (broad SMARTS) is 1. The summed E-state index contributed by atoms with van der Waals surface area (Å²) in [5, 5.41) is 10.8. The lowest BCUT2D eigenvalue weighted by Crippen LogP contribution is -2.43. The Balaban J connectivity index is 2.74. The van der Waals surface area contributed by atoms with Crippen LogP contribution in [-0.2, 0) is 4.79 Å². The van der Waals surface area contributed by atoms with Crippen LogP contribution in [0, 0.1) is 0 Å². The molecular formula is C10H10F3NO4S. The average Bonchev–Trinajstić information content (AvgIpc) is 2.74. The quantitative estimate of drug-likeness (QED) is 0.814. The van der Waals surface area contributed by atoms with E-state index in [0.29, 0.717) is 5.09 Å². The van der Waals surface area contributed by atoms with E-state index in [4.69, 9.17) is 9.52 Å². The van der Waals surface area contributed by atoms with Crippen molar-refractivity contribution in [3.63, 3.8) is 0 Å². The van der Waals surface area contributed by atoms with Crippen molar-refractivity contribution in [2.45, 2.75) is 23.7 Å². The summed E-state index contributed by atoms with van der Waals surface area (Å²) in [6.45, 7) is 0. The smallest absolute Gasteiger partial charge is 0.391 e. The number of alkyl halides is 3. The first-order valence-corrected chi connectivity index (χ1v) is 6.19. The van der Waals surface area contributed by atoms with Crippen LogP contribution in [0.5, 0.6) is 0 Å². The molecule has 106 valence electrons. The highest BCUT2D eigenvalue weighted by atomic mass is 32.2. The molecular weight excluding hydrogens is 287 g/mol. The Hall–Kier alpha value is -1.64. The third kappa shape index (κ3) is 4.86. The molecule has 1 aromatic heterocycles. The SMILES string of the molecule is CSc1ccc(C(=O)NC(CC(F)(F)F)C(=O)O)o1. The highest BCUT2D eigenvalue weighted by Crippen LogP contribution is 2.22. The van der Waals surface area contributed by atoms with Gasteiger partial charge < -0.3 is 14.8 Å². The van der Waals surface area contributed by atoms with Gasteiger partial charge in [0.15, 0.2) is 10.9 Å². The van der Waals surface area contributed by atoms with E-state index in [9.17, 15) is 22.8 Å². The van der Waals surface area contributed by atoms with Crippen molar-refractivity contribution in [1.29, 1.82) is 0 Å². The van der Waals surface area contributed by atoms with Crippen LogP contribution in [0.15, 0.2) is 21.6 Å². The molecule has 0 aliphatic heterocycles. The third-order valence-electron chi connectivity index (χ3n) is 2.05. The van der Waals surface area contributed by atoms with E-state index in [1.54, 1.807) is 11.6 Å². The van der Waals surface area contributed by atoms with Gasteiger partial charge >= 0.3 is 12.1 Å². The Labute approximate surface area is 110 Å². The van der Waals surface area contributed by atoms with Gasteiger partial charge in [-0.3, -0.25) is 4.79 Å². The number of amides is 1. The second kappa shape index (κ2) is 6.00. The van der Waals surface area contributed by atoms with E-state index in [0.717, 1.165) is 0 Å². The number of carboxylic acids is 1. The zero-order valence-corrected chi connectivity index (χ0v) is 10.5. The van der Waals surface area contributed by atoms with E-state index in [1.165, 1.54) is 23.9 Å². The summed E-state index contributed by atoms with van der Waals surface area (Å²) in [5.74, 6) is -3.00. The Morgan fingerprint density at radius 2 is 2.11 bits per heavy atom. The summed E-state index contributed by atoms with van der Waals surface area (Å²) in [6.07, 6.45) is -4.65. The van der Waals surface area contributed by atoms with Crippen LogP contribution in [0.2, 0.25) is 0 Å². The minimum atomic E-state index is -4.69. The van der Waals surface area contributed by atoms with Gasteiger partial charge in [-0.1, -0.05) is 11.8 Å². The molecule has 1 unspecified atom stereocenters. The summed E-state index contributed by atoms with van der Waals surface area (Å²) in [5.41, 5.74) is 0. The van der Waals surface area contributed by atoms with E-state index < -0.39 is 30.5 Å². The molecule has 19 heavy (non-hydrogen) atoms. The van der Waals surface area contributed by atoms with Gasteiger partial charge in [-0.15, -0.1) is 0 Å². The van der Waals surface area contributed by atoms with Gasteiger partial charge in [0.1, 0.15) is 6.04 Å². The van der Waals surface area contributed by atoms with Crippen LogP contribution in [-0.4, -0.2) is 35.5 Å². The number of aliphatic carboxylic acids is 1. The summed E-state index contributed by atoms with van der Waals surface area (Å²) < 4.78 is 41.4. The standard InChI is InChI=1S/C10H10F3NO4S/c1-19-7-3-2-6(18-7)8(15)14-5(9(16)17)4-10(11,12)13/h2-3,5H,4H2,1H3,(H,14,15)(H,16,17). The number of thioether (sulfide) groups is 1. The maximum absolute atomic E-state index is 12.1. The van der Waals surface area contributed by atoms with E-state index in [-0.39, 0.29) is 5.76 Å². The number of hydrogen-bond donors (Lipinski definition) is 2. The fourth-order valence-electron chi connectivity index (χ4n) is 1.21. The lowest BCUT2D eigenvalue weighted by atomic mass is 10.2. The van der Waals surface area contributed by atoms with Gasteiger partial charge in [-0.2, -0.15) is 13.2 Å². The highest BCUT2D eigenvalue weighted by molar-refractivity contribution is 7.98. The van der Waals surface area contributed by atoms with Crippen LogP contribution < -0.4 is 5.32 Å². The molecule has 1 atom stereocenters. The van der Waals surface area contributed by atoms with Crippen LogP contribution in [0.4, 0.5) is 13.2 Å². The van der Waals surface area contributed by atoms with Crippen molar-refractivity contribution < 1.29 is 32.3 Å². The van der Waals surface area contributed by atoms with E-state index in [2.05, 4.69) is 0 Å². The molecule has 0 saturated carbocycles. The normalized spacial score (nSPS) is 13.1. The zero-order valence-electron chi connectivity index (χ0n) is 9.65. The number of rotatable bonds is 5. The molecule has 1 rings (SSSR count). The van der Waals surface area contributed by atoms with Gasteiger partial charge in [0.25, 0.3) is 5.91 Å². The molecule has 1 aromatic rings. The number of carbonyl (C=O) groups is 2. The van der Waals surface area contributed by atoms with E-state index in [1.807, 2.05) is 0 Å². The molecule has 0 aromatic carbocycles. The largest absolute Gasteiger partial charge is 0.480 e. The van der Waals surface area contributed by atoms with Crippen LogP contribution in [0.1, 0.15) is 17.0 Å². The molecule has 0 radical (unpaired) electrons. The van der Waals surface area contributed by atoms with Gasteiger partial charge in [0.05, 0.1) is 6.42 Å². The van der Waals surface area contributed by atoms with Gasteiger partial charge in [0.2, 0.25) is 0 Å². The fourth-order valence-corrected chi connectivity index (χ4v) is 1.59. The number of hydrogen-bond acceptors (Lipinski definition) is 4. The molecule has 0 bridgehead atoms. The fraction of sp³-hybridized carbons (Fsp3) is 0.400. The first kappa shape index (κ1) is 15.4. The maximum atomic E-state index is 12.1. The molecule has 2 N–H and O–H groups in total. The molecule has 0 saturated heterocycles. The molecule has 0 spiro atoms. The predicted octanol–water partition coefficient (Wildman–Crippen LogP) is 2.14. The minimum Gasteiger partial charge on any atom is -0.480 e. The second-order valence-corrected chi connectivity index (χ2v) is 4.32. The average molecular weight is 297 g/mol. The maximum Gasteiger partial charge on any atom is 0.391 e. The minimum absolute atomic E-state index is 0.238. The molecule has 5 nitrogen and oxygen atoms in total. The summed E-state index contributed by atoms with van der Waals surface area (Å²) in [7, 11) is 0. The topological polar surface area (TPSA) is 79.5 Å². The number of furan rings is 1. The summed E-state index contributed by atoms with van der Waals surface area (Å²) >= 11 is 1.20. The van der Waals surface area contributed by atoms with Gasteiger partial charge in [0, 0.05) is 0 Å². The van der Waals surface area contributed by atoms with Crippen molar-refractivity contribution in [2.75, 3.05) is 6.26 Å². The first-order chi connectivity index (χ1) is 8.73. The Bertz CT molecular complexity index is 472. The van der Waals surface area contributed by atoms with Crippen molar-refractivity contribution in [2.24, 2.45) is 0 Å². The Kier molecular flexibility index (Phi) is 4.87. The number of nitrogens with one attached hydrogen (secondary N) is 1. The summed E-state index contributed by atoms with van der Waals surface area (Å²) in [4.78, 5) is 22.2. The van der Waals surface area contributed by atoms with E-state index >= 15 is 0 Å². The van der Waals surface area contributed by atoms with Crippen molar-refractivity contribution in [3.8, 4) is 0 Å². The lowest BCUT2D eigenvalue weighted by molar-refractivity contribution is -0.157.